The Kier molecular flexibility index (Phi) is 5.30. The molecule has 0 atom stereocenters. The van der Waals surface area contributed by atoms with Crippen LogP contribution in [0, 0.1) is 0 Å². The van der Waals surface area contributed by atoms with Gasteiger partial charge in [-0.25, -0.2) is 0 Å². The molecule has 1 heterocycles. The molecular formula is C14H19N3OS. The molecule has 0 fully saturated rings. The summed E-state index contributed by atoms with van der Waals surface area (Å²) < 4.78 is 7.52. The first kappa shape index (κ1) is 14.0. The molecule has 0 amide bonds. The van der Waals surface area contributed by atoms with E-state index < -0.39 is 0 Å². The highest BCUT2D eigenvalue weighted by Gasteiger charge is 1.98. The van der Waals surface area contributed by atoms with Gasteiger partial charge < -0.3 is 10.5 Å². The van der Waals surface area contributed by atoms with Gasteiger partial charge in [0.15, 0.2) is 0 Å². The minimum Gasteiger partial charge on any atom is -0.494 e. The van der Waals surface area contributed by atoms with Crippen LogP contribution in [0.4, 0.5) is 0 Å². The second kappa shape index (κ2) is 7.21. The lowest BCUT2D eigenvalue weighted by Crippen LogP contribution is -2.00. The molecule has 19 heavy (non-hydrogen) atoms. The molecule has 0 bridgehead atoms. The first-order valence-corrected chi connectivity index (χ1v) is 7.30. The molecule has 5 heteroatoms. The van der Waals surface area contributed by atoms with Crippen molar-refractivity contribution in [3.63, 3.8) is 0 Å². The second-order valence-corrected chi connectivity index (χ2v) is 5.42. The minimum atomic E-state index is 0.550. The Morgan fingerprint density at radius 2 is 2.32 bits per heavy atom. The molecule has 2 aromatic rings. The van der Waals surface area contributed by atoms with Crippen LogP contribution in [0.25, 0.3) is 0 Å². The fourth-order valence-corrected chi connectivity index (χ4v) is 2.52. The van der Waals surface area contributed by atoms with Crippen LogP contribution in [-0.2, 0) is 13.6 Å². The zero-order valence-electron chi connectivity index (χ0n) is 11.1. The Labute approximate surface area is 117 Å². The van der Waals surface area contributed by atoms with E-state index in [4.69, 9.17) is 10.5 Å². The Morgan fingerprint density at radius 1 is 1.42 bits per heavy atom. The molecule has 2 rings (SSSR count). The summed E-state index contributed by atoms with van der Waals surface area (Å²) in [6.07, 6.45) is 4.92. The molecule has 0 aliphatic carbocycles. The Bertz CT molecular complexity index is 513. The van der Waals surface area contributed by atoms with Crippen LogP contribution in [0.3, 0.4) is 0 Å². The topological polar surface area (TPSA) is 53.1 Å². The van der Waals surface area contributed by atoms with E-state index in [1.165, 1.54) is 4.90 Å². The first-order valence-electron chi connectivity index (χ1n) is 6.31. The molecule has 0 aliphatic rings. The lowest BCUT2D eigenvalue weighted by atomic mass is 10.2. The average Bonchev–Trinajstić information content (AvgIpc) is 2.84. The van der Waals surface area contributed by atoms with E-state index >= 15 is 0 Å². The van der Waals surface area contributed by atoms with Gasteiger partial charge in [0.1, 0.15) is 5.75 Å². The van der Waals surface area contributed by atoms with Gasteiger partial charge in [-0.1, -0.05) is 12.1 Å². The van der Waals surface area contributed by atoms with Gasteiger partial charge in [-0.3, -0.25) is 4.68 Å². The van der Waals surface area contributed by atoms with E-state index in [-0.39, 0.29) is 0 Å². The average molecular weight is 277 g/mol. The summed E-state index contributed by atoms with van der Waals surface area (Å²) in [7, 11) is 1.93. The highest BCUT2D eigenvalue weighted by atomic mass is 32.2. The van der Waals surface area contributed by atoms with Gasteiger partial charge in [0.05, 0.1) is 12.8 Å². The maximum atomic E-state index is 5.70. The van der Waals surface area contributed by atoms with E-state index in [1.54, 1.807) is 11.8 Å². The van der Waals surface area contributed by atoms with Gasteiger partial charge in [0.25, 0.3) is 0 Å². The molecule has 0 aliphatic heterocycles. The summed E-state index contributed by atoms with van der Waals surface area (Å²) in [4.78, 5) is 1.20. The van der Waals surface area contributed by atoms with Crippen molar-refractivity contribution in [1.82, 2.24) is 9.78 Å². The molecule has 0 radical (unpaired) electrons. The third-order valence-corrected chi connectivity index (χ3v) is 3.68. The Hall–Kier alpha value is -1.46. The maximum Gasteiger partial charge on any atom is 0.119 e. The van der Waals surface area contributed by atoms with Gasteiger partial charge in [0, 0.05) is 30.4 Å². The zero-order chi connectivity index (χ0) is 13.5. The highest BCUT2D eigenvalue weighted by Crippen LogP contribution is 2.18. The van der Waals surface area contributed by atoms with Crippen LogP contribution in [0.1, 0.15) is 12.0 Å². The lowest BCUT2D eigenvalue weighted by Gasteiger charge is -2.06. The summed E-state index contributed by atoms with van der Waals surface area (Å²) in [6.45, 7) is 1.27. The number of benzene rings is 1. The number of nitrogens with two attached hydrogens (primary N) is 1. The molecule has 0 unspecified atom stereocenters. The van der Waals surface area contributed by atoms with Crippen molar-refractivity contribution in [2.24, 2.45) is 12.8 Å². The number of aryl methyl sites for hydroxylation is 1. The fourth-order valence-electron chi connectivity index (χ4n) is 1.67. The van der Waals surface area contributed by atoms with Crippen LogP contribution in [0.15, 0.2) is 41.6 Å². The lowest BCUT2D eigenvalue weighted by molar-refractivity contribution is 0.318. The van der Waals surface area contributed by atoms with Gasteiger partial charge in [0.2, 0.25) is 0 Å². The number of hydrogen-bond acceptors (Lipinski definition) is 4. The SMILES string of the molecule is Cn1cc(SCCCOc2cccc(CN)c2)cn1. The van der Waals surface area contributed by atoms with Crippen molar-refractivity contribution in [2.45, 2.75) is 17.9 Å². The smallest absolute Gasteiger partial charge is 0.119 e. The van der Waals surface area contributed by atoms with Crippen molar-refractivity contribution in [1.29, 1.82) is 0 Å². The van der Waals surface area contributed by atoms with Gasteiger partial charge in [-0.2, -0.15) is 5.10 Å². The number of ether oxygens (including phenoxy) is 1. The minimum absolute atomic E-state index is 0.550. The summed E-state index contributed by atoms with van der Waals surface area (Å²) in [5, 5.41) is 4.13. The molecule has 0 saturated heterocycles. The van der Waals surface area contributed by atoms with Crippen LogP contribution in [0.5, 0.6) is 5.75 Å². The van der Waals surface area contributed by atoms with E-state index in [0.29, 0.717) is 6.54 Å². The number of nitrogens with zero attached hydrogens (tertiary/aromatic N) is 2. The summed E-state index contributed by atoms with van der Waals surface area (Å²) in [5.74, 6) is 1.93. The molecule has 1 aromatic heterocycles. The van der Waals surface area contributed by atoms with Crippen molar-refractivity contribution in [3.8, 4) is 5.75 Å². The Morgan fingerprint density at radius 3 is 3.05 bits per heavy atom. The third-order valence-electron chi connectivity index (χ3n) is 2.64. The van der Waals surface area contributed by atoms with Crippen molar-refractivity contribution in [3.05, 3.63) is 42.2 Å². The van der Waals surface area contributed by atoms with Crippen molar-refractivity contribution in [2.75, 3.05) is 12.4 Å². The van der Waals surface area contributed by atoms with Gasteiger partial charge in [-0.15, -0.1) is 11.8 Å². The predicted molar refractivity (Wildman–Crippen MR) is 78.4 cm³/mol. The Balaban J connectivity index is 1.66. The predicted octanol–water partition coefficient (Wildman–Crippen LogP) is 2.44. The van der Waals surface area contributed by atoms with Crippen LogP contribution >= 0.6 is 11.8 Å². The maximum absolute atomic E-state index is 5.70. The van der Waals surface area contributed by atoms with E-state index in [9.17, 15) is 0 Å². The zero-order valence-corrected chi connectivity index (χ0v) is 11.9. The molecule has 102 valence electrons. The number of aromatic nitrogens is 2. The normalized spacial score (nSPS) is 10.6. The van der Waals surface area contributed by atoms with Gasteiger partial charge in [-0.05, 0) is 24.1 Å². The van der Waals surface area contributed by atoms with Crippen LogP contribution < -0.4 is 10.5 Å². The molecule has 0 spiro atoms. The summed E-state index contributed by atoms with van der Waals surface area (Å²) >= 11 is 1.80. The second-order valence-electron chi connectivity index (χ2n) is 4.25. The number of rotatable bonds is 7. The molecular weight excluding hydrogens is 258 g/mol. The summed E-state index contributed by atoms with van der Waals surface area (Å²) in [6, 6.07) is 7.94. The summed E-state index contributed by atoms with van der Waals surface area (Å²) in [5.41, 5.74) is 6.69. The monoisotopic (exact) mass is 277 g/mol. The van der Waals surface area contributed by atoms with Crippen LogP contribution in [-0.4, -0.2) is 22.1 Å². The number of thioether (sulfide) groups is 1. The fraction of sp³-hybridized carbons (Fsp3) is 0.357. The standard InChI is InChI=1S/C14H19N3OS/c1-17-11-14(10-16-17)19-7-3-6-18-13-5-2-4-12(8-13)9-15/h2,4-5,8,10-11H,3,6-7,9,15H2,1H3. The van der Waals surface area contributed by atoms with E-state index in [2.05, 4.69) is 5.10 Å². The first-order chi connectivity index (χ1) is 9.28. The molecule has 0 saturated carbocycles. The molecule has 4 nitrogen and oxygen atoms in total. The van der Waals surface area contributed by atoms with Crippen LogP contribution in [0.2, 0.25) is 0 Å². The van der Waals surface area contributed by atoms with Gasteiger partial charge >= 0.3 is 0 Å². The van der Waals surface area contributed by atoms with E-state index in [1.807, 2.05) is 48.4 Å². The van der Waals surface area contributed by atoms with Crippen molar-refractivity contribution >= 4 is 11.8 Å². The van der Waals surface area contributed by atoms with Crippen molar-refractivity contribution < 1.29 is 4.74 Å². The quantitative estimate of drug-likeness (QED) is 0.624. The molecule has 2 N–H and O–H groups in total. The largest absolute Gasteiger partial charge is 0.494 e. The third kappa shape index (κ3) is 4.61. The number of hydrogen-bond donors (Lipinski definition) is 1. The highest BCUT2D eigenvalue weighted by molar-refractivity contribution is 7.99. The van der Waals surface area contributed by atoms with E-state index in [0.717, 1.165) is 30.1 Å². The molecule has 1 aromatic carbocycles.